The molecule has 1 unspecified atom stereocenters. The molecule has 0 saturated carbocycles. The molecule has 0 amide bonds. The van der Waals surface area contributed by atoms with Crippen molar-refractivity contribution in [1.29, 1.82) is 0 Å². The molecule has 1 atom stereocenters. The Morgan fingerprint density at radius 2 is 1.40 bits per heavy atom. The Balaban J connectivity index is 1.84. The SMILES string of the molecule is O=S1(=O)c2ccccc2NC(c2ccccc2)N1Cc1ccccc1. The molecule has 3 aromatic carbocycles. The molecule has 1 aliphatic heterocycles. The number of benzene rings is 3. The fourth-order valence-electron chi connectivity index (χ4n) is 3.12. The molecule has 1 aliphatic rings. The molecule has 0 radical (unpaired) electrons. The molecule has 4 rings (SSSR count). The van der Waals surface area contributed by atoms with Crippen LogP contribution in [0.15, 0.2) is 89.8 Å². The quantitative estimate of drug-likeness (QED) is 0.777. The van der Waals surface area contributed by atoms with Gasteiger partial charge in [-0.3, -0.25) is 0 Å². The number of nitrogens with one attached hydrogen (secondary N) is 1. The molecule has 1 heterocycles. The van der Waals surface area contributed by atoms with E-state index in [0.717, 1.165) is 11.1 Å². The topological polar surface area (TPSA) is 49.4 Å². The first-order valence-electron chi connectivity index (χ1n) is 8.12. The summed E-state index contributed by atoms with van der Waals surface area (Å²) in [7, 11) is -3.61. The number of nitrogens with zero attached hydrogens (tertiary/aromatic N) is 1. The normalized spacial score (nSPS) is 19.0. The van der Waals surface area contributed by atoms with Gasteiger partial charge in [-0.25, -0.2) is 8.42 Å². The van der Waals surface area contributed by atoms with E-state index in [1.54, 1.807) is 12.1 Å². The van der Waals surface area contributed by atoms with Gasteiger partial charge in [-0.1, -0.05) is 72.8 Å². The van der Waals surface area contributed by atoms with Crippen LogP contribution in [0.1, 0.15) is 17.3 Å². The number of fused-ring (bicyclic) bond motifs is 1. The van der Waals surface area contributed by atoms with Gasteiger partial charge in [0.05, 0.1) is 5.69 Å². The van der Waals surface area contributed by atoms with Gasteiger partial charge in [-0.2, -0.15) is 4.31 Å². The lowest BCUT2D eigenvalue weighted by atomic mass is 10.1. The summed E-state index contributed by atoms with van der Waals surface area (Å²) in [5.41, 5.74) is 2.50. The van der Waals surface area contributed by atoms with E-state index >= 15 is 0 Å². The van der Waals surface area contributed by atoms with Crippen LogP contribution in [0.25, 0.3) is 0 Å². The Kier molecular flexibility index (Phi) is 4.03. The van der Waals surface area contributed by atoms with Crippen LogP contribution in [0, 0.1) is 0 Å². The van der Waals surface area contributed by atoms with Crippen LogP contribution in [0.5, 0.6) is 0 Å². The van der Waals surface area contributed by atoms with Crippen LogP contribution in [0.3, 0.4) is 0 Å². The lowest BCUT2D eigenvalue weighted by molar-refractivity contribution is 0.336. The van der Waals surface area contributed by atoms with E-state index in [4.69, 9.17) is 0 Å². The van der Waals surface area contributed by atoms with E-state index in [0.29, 0.717) is 17.1 Å². The maximum atomic E-state index is 13.3. The minimum atomic E-state index is -3.61. The van der Waals surface area contributed by atoms with E-state index in [-0.39, 0.29) is 0 Å². The van der Waals surface area contributed by atoms with Crippen LogP contribution in [0.4, 0.5) is 5.69 Å². The fourth-order valence-corrected chi connectivity index (χ4v) is 4.80. The van der Waals surface area contributed by atoms with Crippen LogP contribution >= 0.6 is 0 Å². The van der Waals surface area contributed by atoms with Crippen molar-refractivity contribution >= 4 is 15.7 Å². The lowest BCUT2D eigenvalue weighted by Gasteiger charge is -2.37. The molecule has 0 spiro atoms. The summed E-state index contributed by atoms with van der Waals surface area (Å²) < 4.78 is 28.1. The highest BCUT2D eigenvalue weighted by Gasteiger charge is 2.38. The summed E-state index contributed by atoms with van der Waals surface area (Å²) in [5.74, 6) is 0. The highest BCUT2D eigenvalue weighted by atomic mass is 32.2. The van der Waals surface area contributed by atoms with Gasteiger partial charge in [0.1, 0.15) is 11.1 Å². The largest absolute Gasteiger partial charge is 0.364 e. The first-order valence-corrected chi connectivity index (χ1v) is 9.56. The van der Waals surface area contributed by atoms with Gasteiger partial charge in [0.2, 0.25) is 10.0 Å². The standard InChI is InChI=1S/C20H18N2O2S/c23-25(24)19-14-8-7-13-18(19)21-20(17-11-5-2-6-12-17)22(25)15-16-9-3-1-4-10-16/h1-14,20-21H,15H2. The van der Waals surface area contributed by atoms with Crippen molar-refractivity contribution < 1.29 is 8.42 Å². The molecule has 0 aromatic heterocycles. The number of anilines is 1. The smallest absolute Gasteiger partial charge is 0.247 e. The summed E-state index contributed by atoms with van der Waals surface area (Å²) in [5, 5.41) is 3.39. The van der Waals surface area contributed by atoms with Crippen LogP contribution in [-0.4, -0.2) is 12.7 Å². The second-order valence-corrected chi connectivity index (χ2v) is 7.85. The number of para-hydroxylation sites is 1. The molecule has 4 nitrogen and oxygen atoms in total. The predicted octanol–water partition coefficient (Wildman–Crippen LogP) is 4.00. The molecule has 0 saturated heterocycles. The average molecular weight is 350 g/mol. The van der Waals surface area contributed by atoms with Gasteiger partial charge >= 0.3 is 0 Å². The predicted molar refractivity (Wildman–Crippen MR) is 98.4 cm³/mol. The molecule has 1 N–H and O–H groups in total. The minimum absolute atomic E-state index is 0.310. The third kappa shape index (κ3) is 2.92. The first kappa shape index (κ1) is 15.9. The minimum Gasteiger partial charge on any atom is -0.364 e. The summed E-state index contributed by atoms with van der Waals surface area (Å²) >= 11 is 0. The number of hydrogen-bond donors (Lipinski definition) is 1. The molecule has 3 aromatic rings. The summed E-state index contributed by atoms with van der Waals surface area (Å²) in [6.07, 6.45) is -0.443. The highest BCUT2D eigenvalue weighted by Crippen LogP contribution is 2.38. The highest BCUT2D eigenvalue weighted by molar-refractivity contribution is 7.89. The fraction of sp³-hybridized carbons (Fsp3) is 0.100. The van der Waals surface area contributed by atoms with E-state index in [2.05, 4.69) is 5.32 Å². The molecule has 25 heavy (non-hydrogen) atoms. The third-order valence-corrected chi connectivity index (χ3v) is 6.22. The third-order valence-electron chi connectivity index (χ3n) is 4.35. The summed E-state index contributed by atoms with van der Waals surface area (Å²) in [6, 6.07) is 26.4. The summed E-state index contributed by atoms with van der Waals surface area (Å²) in [4.78, 5) is 0.318. The van der Waals surface area contributed by atoms with Crippen molar-refractivity contribution in [1.82, 2.24) is 4.31 Å². The zero-order chi connectivity index (χ0) is 17.3. The number of rotatable bonds is 3. The van der Waals surface area contributed by atoms with Crippen molar-refractivity contribution in [3.63, 3.8) is 0 Å². The van der Waals surface area contributed by atoms with Crippen LogP contribution < -0.4 is 5.32 Å². The van der Waals surface area contributed by atoms with Gasteiger partial charge < -0.3 is 5.32 Å². The van der Waals surface area contributed by atoms with Gasteiger partial charge in [-0.05, 0) is 23.3 Å². The molecule has 0 aliphatic carbocycles. The van der Waals surface area contributed by atoms with E-state index in [9.17, 15) is 8.42 Å². The van der Waals surface area contributed by atoms with E-state index in [1.165, 1.54) is 4.31 Å². The molecule has 0 fully saturated rings. The Hall–Kier alpha value is -2.63. The van der Waals surface area contributed by atoms with Crippen LogP contribution in [0.2, 0.25) is 0 Å². The molecular weight excluding hydrogens is 332 g/mol. The van der Waals surface area contributed by atoms with Gasteiger partial charge in [0, 0.05) is 6.54 Å². The number of sulfonamides is 1. The van der Waals surface area contributed by atoms with E-state index in [1.807, 2.05) is 72.8 Å². The van der Waals surface area contributed by atoms with Crippen LogP contribution in [-0.2, 0) is 16.6 Å². The van der Waals surface area contributed by atoms with Gasteiger partial charge in [0.25, 0.3) is 0 Å². The van der Waals surface area contributed by atoms with Crippen molar-refractivity contribution in [3.8, 4) is 0 Å². The van der Waals surface area contributed by atoms with Gasteiger partial charge in [-0.15, -0.1) is 0 Å². The second-order valence-electron chi connectivity index (χ2n) is 5.99. The zero-order valence-corrected chi connectivity index (χ0v) is 14.4. The van der Waals surface area contributed by atoms with Crippen molar-refractivity contribution in [2.45, 2.75) is 17.6 Å². The average Bonchev–Trinajstić information content (AvgIpc) is 2.65. The Morgan fingerprint density at radius 1 is 0.800 bits per heavy atom. The van der Waals surface area contributed by atoms with Crippen molar-refractivity contribution in [2.75, 3.05) is 5.32 Å². The Bertz CT molecular complexity index is 973. The zero-order valence-electron chi connectivity index (χ0n) is 13.5. The maximum absolute atomic E-state index is 13.3. The van der Waals surface area contributed by atoms with Gasteiger partial charge in [0.15, 0.2) is 0 Å². The van der Waals surface area contributed by atoms with E-state index < -0.39 is 16.2 Å². The molecule has 126 valence electrons. The lowest BCUT2D eigenvalue weighted by Crippen LogP contribution is -2.42. The first-order chi connectivity index (χ1) is 12.2. The Labute approximate surface area is 147 Å². The molecule has 0 bridgehead atoms. The van der Waals surface area contributed by atoms with Crippen molar-refractivity contribution in [2.24, 2.45) is 0 Å². The molecular formula is C20H18N2O2S. The second kappa shape index (κ2) is 6.35. The monoisotopic (exact) mass is 350 g/mol. The number of hydrogen-bond acceptors (Lipinski definition) is 3. The van der Waals surface area contributed by atoms with Crippen molar-refractivity contribution in [3.05, 3.63) is 96.1 Å². The Morgan fingerprint density at radius 3 is 2.12 bits per heavy atom. The maximum Gasteiger partial charge on any atom is 0.247 e. The molecule has 5 heteroatoms. The summed E-state index contributed by atoms with van der Waals surface area (Å²) in [6.45, 7) is 0.310.